The minimum absolute atomic E-state index is 0.0632. The van der Waals surface area contributed by atoms with Crippen molar-refractivity contribution in [3.05, 3.63) is 0 Å². The zero-order chi connectivity index (χ0) is 13.5. The van der Waals surface area contributed by atoms with Gasteiger partial charge in [0.1, 0.15) is 0 Å². The summed E-state index contributed by atoms with van der Waals surface area (Å²) in [6, 6.07) is 0.240. The number of hydrogen-bond acceptors (Lipinski definition) is 3. The Morgan fingerprint density at radius 2 is 2.00 bits per heavy atom. The molecule has 4 heteroatoms. The fourth-order valence-electron chi connectivity index (χ4n) is 1.75. The third kappa shape index (κ3) is 8.50. The molecule has 0 spiro atoms. The molecule has 0 fully saturated rings. The molecule has 0 aliphatic heterocycles. The lowest BCUT2D eigenvalue weighted by Gasteiger charge is -2.25. The van der Waals surface area contributed by atoms with Crippen LogP contribution in [0.1, 0.15) is 40.5 Å². The van der Waals surface area contributed by atoms with Gasteiger partial charge in [-0.25, -0.2) is 0 Å². The van der Waals surface area contributed by atoms with Crippen LogP contribution in [0.25, 0.3) is 0 Å². The number of carbonyl (C=O) groups excluding carboxylic acids is 1. The monoisotopic (exact) mass is 260 g/mol. The molecule has 0 aromatic heterocycles. The van der Waals surface area contributed by atoms with Gasteiger partial charge >= 0.3 is 0 Å². The number of hydrogen-bond donors (Lipinski definition) is 2. The second kappa shape index (κ2) is 7.98. The molecule has 0 heterocycles. The average molecular weight is 260 g/mol. The van der Waals surface area contributed by atoms with Gasteiger partial charge in [-0.2, -0.15) is 11.8 Å². The number of amides is 1. The summed E-state index contributed by atoms with van der Waals surface area (Å²) < 4.78 is 0. The fourth-order valence-corrected chi connectivity index (χ4v) is 2.34. The summed E-state index contributed by atoms with van der Waals surface area (Å²) in [6.07, 6.45) is 3.93. The lowest BCUT2D eigenvalue weighted by molar-refractivity contribution is -0.126. The normalized spacial score (nSPS) is 15.4. The lowest BCUT2D eigenvalue weighted by atomic mass is 9.84. The molecule has 102 valence electrons. The number of thioether (sulfide) groups is 1. The molecular formula is C13H28N2OS. The second-order valence-corrected chi connectivity index (χ2v) is 6.87. The Morgan fingerprint density at radius 3 is 2.41 bits per heavy atom. The van der Waals surface area contributed by atoms with Crippen LogP contribution in [0.5, 0.6) is 0 Å². The summed E-state index contributed by atoms with van der Waals surface area (Å²) in [5.41, 5.74) is 5.83. The summed E-state index contributed by atoms with van der Waals surface area (Å²) in [4.78, 5) is 12.0. The predicted octanol–water partition coefficient (Wildman–Crippen LogP) is 2.26. The van der Waals surface area contributed by atoms with Crippen molar-refractivity contribution in [3.8, 4) is 0 Å². The number of rotatable bonds is 7. The molecule has 0 saturated carbocycles. The van der Waals surface area contributed by atoms with Gasteiger partial charge in [-0.1, -0.05) is 20.8 Å². The van der Waals surface area contributed by atoms with E-state index in [9.17, 15) is 4.79 Å². The number of carbonyl (C=O) groups is 1. The van der Waals surface area contributed by atoms with Crippen molar-refractivity contribution in [1.82, 2.24) is 5.32 Å². The van der Waals surface area contributed by atoms with E-state index >= 15 is 0 Å². The van der Waals surface area contributed by atoms with Crippen molar-refractivity contribution in [2.45, 2.75) is 46.6 Å². The number of nitrogens with one attached hydrogen (secondary N) is 1. The van der Waals surface area contributed by atoms with Crippen LogP contribution in [0.2, 0.25) is 0 Å². The molecule has 0 aliphatic carbocycles. The highest BCUT2D eigenvalue weighted by molar-refractivity contribution is 7.98. The minimum Gasteiger partial charge on any atom is -0.353 e. The molecule has 0 radical (unpaired) electrons. The molecule has 2 unspecified atom stereocenters. The van der Waals surface area contributed by atoms with Crippen molar-refractivity contribution >= 4 is 17.7 Å². The topological polar surface area (TPSA) is 55.1 Å². The third-order valence-corrected chi connectivity index (χ3v) is 3.30. The van der Waals surface area contributed by atoms with Crippen molar-refractivity contribution in [2.24, 2.45) is 17.1 Å². The molecule has 2 atom stereocenters. The van der Waals surface area contributed by atoms with Gasteiger partial charge in [0, 0.05) is 12.6 Å². The Kier molecular flexibility index (Phi) is 7.88. The smallest absolute Gasteiger partial charge is 0.224 e. The van der Waals surface area contributed by atoms with Crippen LogP contribution in [0.4, 0.5) is 0 Å². The Bertz CT molecular complexity index is 226. The van der Waals surface area contributed by atoms with E-state index in [0.717, 1.165) is 18.6 Å². The second-order valence-electron chi connectivity index (χ2n) is 5.89. The Labute approximate surface area is 110 Å². The first kappa shape index (κ1) is 16.8. The maximum Gasteiger partial charge on any atom is 0.224 e. The van der Waals surface area contributed by atoms with Gasteiger partial charge in [-0.05, 0) is 37.2 Å². The summed E-state index contributed by atoms with van der Waals surface area (Å²) in [6.45, 7) is 8.90. The van der Waals surface area contributed by atoms with Gasteiger partial charge < -0.3 is 11.1 Å². The van der Waals surface area contributed by atoms with E-state index in [2.05, 4.69) is 39.3 Å². The maximum absolute atomic E-state index is 12.0. The van der Waals surface area contributed by atoms with Gasteiger partial charge in [-0.3, -0.25) is 4.79 Å². The molecular weight excluding hydrogens is 232 g/mol. The van der Waals surface area contributed by atoms with Gasteiger partial charge in [0.2, 0.25) is 5.91 Å². The molecule has 17 heavy (non-hydrogen) atoms. The standard InChI is InChI=1S/C13H28N2OS/c1-10(6-7-17-5)15-12(16)11(9-14)8-13(2,3)4/h10-11H,6-9,14H2,1-5H3,(H,15,16). The van der Waals surface area contributed by atoms with Gasteiger partial charge in [-0.15, -0.1) is 0 Å². The Hall–Kier alpha value is -0.220. The van der Waals surface area contributed by atoms with Crippen molar-refractivity contribution in [1.29, 1.82) is 0 Å². The fraction of sp³-hybridized carbons (Fsp3) is 0.923. The van der Waals surface area contributed by atoms with Crippen molar-refractivity contribution in [2.75, 3.05) is 18.6 Å². The van der Waals surface area contributed by atoms with E-state index < -0.39 is 0 Å². The van der Waals surface area contributed by atoms with Gasteiger partial charge in [0.15, 0.2) is 0 Å². The van der Waals surface area contributed by atoms with Crippen LogP contribution in [-0.2, 0) is 4.79 Å². The van der Waals surface area contributed by atoms with Crippen molar-refractivity contribution in [3.63, 3.8) is 0 Å². The van der Waals surface area contributed by atoms with Crippen LogP contribution >= 0.6 is 11.8 Å². The predicted molar refractivity (Wildman–Crippen MR) is 77.2 cm³/mol. The summed E-state index contributed by atoms with van der Waals surface area (Å²) in [7, 11) is 0. The molecule has 0 rings (SSSR count). The van der Waals surface area contributed by atoms with Gasteiger partial charge in [0.25, 0.3) is 0 Å². The van der Waals surface area contributed by atoms with Crippen LogP contribution in [0.3, 0.4) is 0 Å². The van der Waals surface area contributed by atoms with E-state index in [4.69, 9.17) is 5.73 Å². The minimum atomic E-state index is -0.0632. The quantitative estimate of drug-likeness (QED) is 0.738. The van der Waals surface area contributed by atoms with Crippen LogP contribution in [0, 0.1) is 11.3 Å². The first-order valence-corrected chi connectivity index (χ1v) is 7.69. The van der Waals surface area contributed by atoms with E-state index in [-0.39, 0.29) is 23.3 Å². The highest BCUT2D eigenvalue weighted by atomic mass is 32.2. The van der Waals surface area contributed by atoms with Crippen molar-refractivity contribution < 1.29 is 4.79 Å². The molecule has 3 N–H and O–H groups in total. The molecule has 0 aromatic rings. The SMILES string of the molecule is CSCCC(C)NC(=O)C(CN)CC(C)(C)C. The van der Waals surface area contributed by atoms with E-state index in [1.165, 1.54) is 0 Å². The summed E-state index contributed by atoms with van der Waals surface area (Å²) in [5.74, 6) is 1.12. The first-order chi connectivity index (χ1) is 7.80. The highest BCUT2D eigenvalue weighted by Gasteiger charge is 2.24. The molecule has 0 saturated heterocycles. The van der Waals surface area contributed by atoms with Crippen LogP contribution in [-0.4, -0.2) is 30.5 Å². The Balaban J connectivity index is 4.16. The molecule has 0 bridgehead atoms. The van der Waals surface area contributed by atoms with E-state index in [1.54, 1.807) is 11.8 Å². The van der Waals surface area contributed by atoms with Crippen LogP contribution in [0.15, 0.2) is 0 Å². The summed E-state index contributed by atoms with van der Waals surface area (Å²) in [5, 5.41) is 3.06. The Morgan fingerprint density at radius 1 is 1.41 bits per heavy atom. The lowest BCUT2D eigenvalue weighted by Crippen LogP contribution is -2.41. The number of nitrogens with two attached hydrogens (primary N) is 1. The first-order valence-electron chi connectivity index (χ1n) is 6.29. The van der Waals surface area contributed by atoms with E-state index in [1.807, 2.05) is 0 Å². The molecule has 3 nitrogen and oxygen atoms in total. The zero-order valence-electron chi connectivity index (χ0n) is 11.9. The summed E-state index contributed by atoms with van der Waals surface area (Å²) >= 11 is 1.81. The molecule has 1 amide bonds. The maximum atomic E-state index is 12.0. The van der Waals surface area contributed by atoms with Crippen LogP contribution < -0.4 is 11.1 Å². The molecule has 0 aliphatic rings. The largest absolute Gasteiger partial charge is 0.353 e. The average Bonchev–Trinajstić information content (AvgIpc) is 2.21. The van der Waals surface area contributed by atoms with Gasteiger partial charge in [0.05, 0.1) is 5.92 Å². The molecule has 0 aromatic carbocycles. The zero-order valence-corrected chi connectivity index (χ0v) is 12.7. The highest BCUT2D eigenvalue weighted by Crippen LogP contribution is 2.24. The third-order valence-electron chi connectivity index (χ3n) is 2.66. The van der Waals surface area contributed by atoms with E-state index in [0.29, 0.717) is 6.54 Å².